The Kier molecular flexibility index (Phi) is 3.06. The Labute approximate surface area is 102 Å². The molecule has 1 atom stereocenters. The van der Waals surface area contributed by atoms with Gasteiger partial charge < -0.3 is 5.32 Å². The van der Waals surface area contributed by atoms with Crippen molar-refractivity contribution < 1.29 is 0 Å². The van der Waals surface area contributed by atoms with Crippen LogP contribution >= 0.6 is 0 Å². The fourth-order valence-corrected chi connectivity index (χ4v) is 2.62. The third-order valence-electron chi connectivity index (χ3n) is 3.61. The Morgan fingerprint density at radius 3 is 3.18 bits per heavy atom. The lowest BCUT2D eigenvalue weighted by Crippen LogP contribution is -2.21. The van der Waals surface area contributed by atoms with Crippen LogP contribution in [0.2, 0.25) is 0 Å². The highest BCUT2D eigenvalue weighted by molar-refractivity contribution is 5.78. The van der Waals surface area contributed by atoms with Crippen molar-refractivity contribution in [3.8, 4) is 0 Å². The molecule has 88 valence electrons. The summed E-state index contributed by atoms with van der Waals surface area (Å²) in [5.41, 5.74) is 2.52. The predicted octanol–water partition coefficient (Wildman–Crippen LogP) is 2.92. The second kappa shape index (κ2) is 4.84. The topological polar surface area (TPSA) is 24.9 Å². The van der Waals surface area contributed by atoms with E-state index in [1.165, 1.54) is 43.2 Å². The van der Waals surface area contributed by atoms with Gasteiger partial charge in [0.05, 0.1) is 5.52 Å². The van der Waals surface area contributed by atoms with Crippen molar-refractivity contribution in [2.24, 2.45) is 0 Å². The number of rotatable bonds is 3. The van der Waals surface area contributed by atoms with Gasteiger partial charge in [0, 0.05) is 17.6 Å². The summed E-state index contributed by atoms with van der Waals surface area (Å²) in [7, 11) is 0. The van der Waals surface area contributed by atoms with E-state index in [0.29, 0.717) is 0 Å². The smallest absolute Gasteiger partial charge is 0.0702 e. The summed E-state index contributed by atoms with van der Waals surface area (Å²) >= 11 is 0. The molecule has 0 bridgehead atoms. The summed E-state index contributed by atoms with van der Waals surface area (Å²) in [4.78, 5) is 4.35. The van der Waals surface area contributed by atoms with Crippen molar-refractivity contribution in [3.05, 3.63) is 42.1 Å². The van der Waals surface area contributed by atoms with Gasteiger partial charge in [-0.1, -0.05) is 12.1 Å². The number of hydrogen-bond acceptors (Lipinski definition) is 2. The molecule has 1 fully saturated rings. The van der Waals surface area contributed by atoms with E-state index in [1.807, 2.05) is 12.3 Å². The molecule has 3 rings (SSSR count). The zero-order chi connectivity index (χ0) is 11.5. The van der Waals surface area contributed by atoms with Crippen LogP contribution in [0.5, 0.6) is 0 Å². The molecule has 1 unspecified atom stereocenters. The van der Waals surface area contributed by atoms with Crippen LogP contribution in [-0.4, -0.2) is 17.6 Å². The van der Waals surface area contributed by atoms with E-state index in [0.717, 1.165) is 11.6 Å². The Morgan fingerprint density at radius 2 is 2.29 bits per heavy atom. The first-order valence-electron chi connectivity index (χ1n) is 6.49. The zero-order valence-corrected chi connectivity index (χ0v) is 10.0. The van der Waals surface area contributed by atoms with Gasteiger partial charge in [0.2, 0.25) is 0 Å². The SMILES string of the molecule is c1cnc2ccc(CCC3CCCN3)cc2c1. The molecule has 17 heavy (non-hydrogen) atoms. The Balaban J connectivity index is 1.72. The molecule has 1 aliphatic rings. The average molecular weight is 226 g/mol. The van der Waals surface area contributed by atoms with E-state index in [2.05, 4.69) is 34.6 Å². The second-order valence-corrected chi connectivity index (χ2v) is 4.86. The quantitative estimate of drug-likeness (QED) is 0.870. The highest BCUT2D eigenvalue weighted by atomic mass is 14.9. The van der Waals surface area contributed by atoms with Gasteiger partial charge in [-0.15, -0.1) is 0 Å². The first-order valence-corrected chi connectivity index (χ1v) is 6.49. The minimum absolute atomic E-state index is 0.736. The van der Waals surface area contributed by atoms with Crippen LogP contribution < -0.4 is 5.32 Å². The maximum absolute atomic E-state index is 4.35. The maximum atomic E-state index is 4.35. The van der Waals surface area contributed by atoms with Crippen LogP contribution in [0.15, 0.2) is 36.5 Å². The zero-order valence-electron chi connectivity index (χ0n) is 10.0. The summed E-state index contributed by atoms with van der Waals surface area (Å²) in [6.07, 6.45) is 6.96. The molecule has 2 nitrogen and oxygen atoms in total. The van der Waals surface area contributed by atoms with Crippen molar-refractivity contribution in [2.45, 2.75) is 31.7 Å². The fraction of sp³-hybridized carbons (Fsp3) is 0.400. The number of benzene rings is 1. The van der Waals surface area contributed by atoms with Crippen LogP contribution in [0.4, 0.5) is 0 Å². The maximum Gasteiger partial charge on any atom is 0.0702 e. The van der Waals surface area contributed by atoms with Gasteiger partial charge in [0.1, 0.15) is 0 Å². The Hall–Kier alpha value is -1.41. The van der Waals surface area contributed by atoms with E-state index >= 15 is 0 Å². The number of fused-ring (bicyclic) bond motifs is 1. The first-order chi connectivity index (χ1) is 8.42. The number of nitrogens with one attached hydrogen (secondary N) is 1. The third-order valence-corrected chi connectivity index (χ3v) is 3.61. The number of aryl methyl sites for hydroxylation is 1. The number of aromatic nitrogens is 1. The van der Waals surface area contributed by atoms with Crippen LogP contribution in [0.3, 0.4) is 0 Å². The van der Waals surface area contributed by atoms with Crippen LogP contribution in [0.1, 0.15) is 24.8 Å². The molecule has 0 saturated carbocycles. The third kappa shape index (κ3) is 2.47. The fourth-order valence-electron chi connectivity index (χ4n) is 2.62. The van der Waals surface area contributed by atoms with E-state index in [1.54, 1.807) is 0 Å². The van der Waals surface area contributed by atoms with Crippen LogP contribution in [0.25, 0.3) is 10.9 Å². The molecule has 1 aromatic carbocycles. The highest BCUT2D eigenvalue weighted by Gasteiger charge is 2.13. The monoisotopic (exact) mass is 226 g/mol. The Morgan fingerprint density at radius 1 is 1.29 bits per heavy atom. The average Bonchev–Trinajstić information content (AvgIpc) is 2.89. The van der Waals surface area contributed by atoms with Crippen molar-refractivity contribution in [2.75, 3.05) is 6.54 Å². The van der Waals surface area contributed by atoms with Crippen molar-refractivity contribution in [1.29, 1.82) is 0 Å². The minimum atomic E-state index is 0.736. The van der Waals surface area contributed by atoms with E-state index in [9.17, 15) is 0 Å². The van der Waals surface area contributed by atoms with Crippen molar-refractivity contribution >= 4 is 10.9 Å². The standard InChI is InChI=1S/C15H18N2/c1-3-13-11-12(6-8-15(13)17-10-1)5-7-14-4-2-9-16-14/h1,3,6,8,10-11,14,16H,2,4-5,7,9H2. The molecule has 1 saturated heterocycles. The van der Waals surface area contributed by atoms with Crippen LogP contribution in [0, 0.1) is 0 Å². The van der Waals surface area contributed by atoms with Gasteiger partial charge >= 0.3 is 0 Å². The highest BCUT2D eigenvalue weighted by Crippen LogP contribution is 2.17. The number of nitrogens with zero attached hydrogens (tertiary/aromatic N) is 1. The van der Waals surface area contributed by atoms with Gasteiger partial charge in [-0.3, -0.25) is 4.98 Å². The predicted molar refractivity (Wildman–Crippen MR) is 71.1 cm³/mol. The summed E-state index contributed by atoms with van der Waals surface area (Å²) in [5.74, 6) is 0. The lowest BCUT2D eigenvalue weighted by molar-refractivity contribution is 0.559. The molecule has 0 amide bonds. The van der Waals surface area contributed by atoms with Crippen LogP contribution in [-0.2, 0) is 6.42 Å². The molecule has 0 aliphatic carbocycles. The van der Waals surface area contributed by atoms with Gasteiger partial charge in [-0.2, -0.15) is 0 Å². The number of hydrogen-bond donors (Lipinski definition) is 1. The molecule has 2 aromatic rings. The van der Waals surface area contributed by atoms with Gasteiger partial charge in [-0.05, 0) is 56.0 Å². The molecule has 1 aliphatic heterocycles. The molecule has 2 heteroatoms. The molecule has 1 N–H and O–H groups in total. The summed E-state index contributed by atoms with van der Waals surface area (Å²) < 4.78 is 0. The molecule has 0 spiro atoms. The molecular formula is C15H18N2. The molecule has 1 aromatic heterocycles. The van der Waals surface area contributed by atoms with Gasteiger partial charge in [0.15, 0.2) is 0 Å². The molecule has 2 heterocycles. The normalized spacial score (nSPS) is 19.9. The minimum Gasteiger partial charge on any atom is -0.314 e. The summed E-state index contributed by atoms with van der Waals surface area (Å²) in [6, 6.07) is 11.5. The van der Waals surface area contributed by atoms with E-state index in [-0.39, 0.29) is 0 Å². The van der Waals surface area contributed by atoms with Crippen molar-refractivity contribution in [3.63, 3.8) is 0 Å². The lowest BCUT2D eigenvalue weighted by atomic mass is 10.0. The van der Waals surface area contributed by atoms with Gasteiger partial charge in [0.25, 0.3) is 0 Å². The lowest BCUT2D eigenvalue weighted by Gasteiger charge is -2.10. The second-order valence-electron chi connectivity index (χ2n) is 4.86. The number of pyridine rings is 1. The first kappa shape index (κ1) is 10.7. The largest absolute Gasteiger partial charge is 0.314 e. The Bertz CT molecular complexity index is 501. The summed E-state index contributed by atoms with van der Waals surface area (Å²) in [6.45, 7) is 1.20. The van der Waals surface area contributed by atoms with E-state index < -0.39 is 0 Å². The van der Waals surface area contributed by atoms with E-state index in [4.69, 9.17) is 0 Å². The van der Waals surface area contributed by atoms with Gasteiger partial charge in [-0.25, -0.2) is 0 Å². The molecular weight excluding hydrogens is 208 g/mol. The van der Waals surface area contributed by atoms with Crippen molar-refractivity contribution in [1.82, 2.24) is 10.3 Å². The summed E-state index contributed by atoms with van der Waals surface area (Å²) in [5, 5.41) is 4.81. The molecule has 0 radical (unpaired) electrons.